The van der Waals surface area contributed by atoms with Gasteiger partial charge in [-0.2, -0.15) is 0 Å². The number of azo groups is 1. The number of nitrogens with zero attached hydrogens (tertiary/aromatic N) is 6. The quantitative estimate of drug-likeness (QED) is 0.237. The summed E-state index contributed by atoms with van der Waals surface area (Å²) in [6.45, 7) is 3.00. The van der Waals surface area contributed by atoms with E-state index in [4.69, 9.17) is 10.5 Å². The smallest absolute Gasteiger partial charge is 0.356 e. The number of carbonyl (C=O) groups excluding carboxylic acids is 1. The summed E-state index contributed by atoms with van der Waals surface area (Å²) in [6.07, 6.45) is 4.96. The molecule has 0 bridgehead atoms. The summed E-state index contributed by atoms with van der Waals surface area (Å²) in [6, 6.07) is 7.65. The Morgan fingerprint density at radius 2 is 1.91 bits per heavy atom. The van der Waals surface area contributed by atoms with Crippen LogP contribution in [0.4, 0.5) is 20.6 Å². The van der Waals surface area contributed by atoms with Crippen LogP contribution < -0.4 is 20.8 Å². The second-order valence-electron chi connectivity index (χ2n) is 12.2. The minimum Gasteiger partial charge on any atom is -0.493 e. The third kappa shape index (κ3) is 4.92. The molecule has 0 spiro atoms. The summed E-state index contributed by atoms with van der Waals surface area (Å²) in [7, 11) is 1.45. The number of urea groups is 1. The molecule has 4 N–H and O–H groups in total. The molecule has 1 saturated carbocycles. The Labute approximate surface area is 262 Å². The topological polar surface area (TPSA) is 168 Å². The zero-order valence-electron chi connectivity index (χ0n) is 25.2. The van der Waals surface area contributed by atoms with Crippen molar-refractivity contribution < 1.29 is 28.9 Å². The van der Waals surface area contributed by atoms with E-state index in [2.05, 4.69) is 15.1 Å². The molecule has 240 valence electrons. The van der Waals surface area contributed by atoms with Crippen LogP contribution in [0.1, 0.15) is 42.1 Å². The highest BCUT2D eigenvalue weighted by Crippen LogP contribution is 2.46. The Balaban J connectivity index is 1.20. The number of aromatic carboxylic acids is 1. The second-order valence-corrected chi connectivity index (χ2v) is 12.2. The fraction of sp³-hybridized carbons (Fsp3) is 0.406. The number of ether oxygens (including phenoxy) is 1. The van der Waals surface area contributed by atoms with E-state index in [1.54, 1.807) is 15.2 Å². The number of anilines is 1. The summed E-state index contributed by atoms with van der Waals surface area (Å²) in [5.74, 6) is -1.59. The zero-order valence-corrected chi connectivity index (χ0v) is 25.2. The minimum absolute atomic E-state index is 0.00312. The van der Waals surface area contributed by atoms with Crippen molar-refractivity contribution in [1.82, 2.24) is 14.0 Å². The van der Waals surface area contributed by atoms with Gasteiger partial charge in [0.05, 0.1) is 23.5 Å². The van der Waals surface area contributed by atoms with Gasteiger partial charge in [-0.15, -0.1) is 5.11 Å². The summed E-state index contributed by atoms with van der Waals surface area (Å²) in [5, 5.41) is 28.7. The Kier molecular flexibility index (Phi) is 7.38. The van der Waals surface area contributed by atoms with Crippen LogP contribution in [0, 0.1) is 11.7 Å². The Hall–Kier alpha value is -4.98. The molecular formula is C32H34FN7O6. The highest BCUT2D eigenvalue weighted by molar-refractivity contribution is 5.97. The predicted molar refractivity (Wildman–Crippen MR) is 168 cm³/mol. The van der Waals surface area contributed by atoms with Crippen LogP contribution in [-0.2, 0) is 6.54 Å². The van der Waals surface area contributed by atoms with E-state index >= 15 is 4.39 Å². The van der Waals surface area contributed by atoms with Crippen molar-refractivity contribution in [1.29, 1.82) is 0 Å². The number of hydrogen-bond acceptors (Lipinski definition) is 8. The first kappa shape index (κ1) is 29.7. The number of para-hydroxylation sites is 1. The largest absolute Gasteiger partial charge is 0.493 e. The molecule has 46 heavy (non-hydrogen) atoms. The normalized spacial score (nSPS) is 20.2. The summed E-state index contributed by atoms with van der Waals surface area (Å²) >= 11 is 0. The first-order valence-corrected chi connectivity index (χ1v) is 15.4. The molecule has 2 atom stereocenters. The first-order valence-electron chi connectivity index (χ1n) is 15.4. The fourth-order valence-corrected chi connectivity index (χ4v) is 7.38. The SMILES string of the molecule is COc1c(N2C[C@@H]3CCCN(CCn4c(O)c(N=NC(N)=O)c5ccccc54)[C@@H]3C2)c(F)cc2c(=O)c(C(=O)O)cn(C3CC3)c12. The molecule has 2 aliphatic heterocycles. The molecule has 7 rings (SSSR count). The van der Waals surface area contributed by atoms with Gasteiger partial charge in [0.2, 0.25) is 11.3 Å². The molecule has 4 heterocycles. The lowest BCUT2D eigenvalue weighted by molar-refractivity contribution is 0.0694. The van der Waals surface area contributed by atoms with Gasteiger partial charge in [-0.1, -0.05) is 23.3 Å². The van der Waals surface area contributed by atoms with E-state index in [9.17, 15) is 24.6 Å². The summed E-state index contributed by atoms with van der Waals surface area (Å²) < 4.78 is 25.4. The van der Waals surface area contributed by atoms with Crippen molar-refractivity contribution >= 4 is 45.2 Å². The van der Waals surface area contributed by atoms with Crippen molar-refractivity contribution in [3.05, 3.63) is 58.1 Å². The third-order valence-corrected chi connectivity index (χ3v) is 9.56. The number of likely N-dealkylation sites (tertiary alicyclic amines) is 1. The van der Waals surface area contributed by atoms with Crippen LogP contribution in [0.5, 0.6) is 11.6 Å². The molecule has 2 amide bonds. The molecule has 3 fully saturated rings. The number of benzene rings is 2. The molecular weight excluding hydrogens is 597 g/mol. The van der Waals surface area contributed by atoms with Crippen molar-refractivity contribution in [2.45, 2.75) is 44.3 Å². The number of pyridine rings is 1. The molecule has 13 nitrogen and oxygen atoms in total. The number of hydrogen-bond donors (Lipinski definition) is 3. The van der Waals surface area contributed by atoms with E-state index in [0.29, 0.717) is 37.1 Å². The maximum absolute atomic E-state index is 16.0. The molecule has 0 radical (unpaired) electrons. The molecule has 0 unspecified atom stereocenters. The Bertz CT molecular complexity index is 1980. The number of halogens is 1. The van der Waals surface area contributed by atoms with Gasteiger partial charge >= 0.3 is 12.0 Å². The lowest BCUT2D eigenvalue weighted by Crippen LogP contribution is -2.46. The zero-order chi connectivity index (χ0) is 32.3. The van der Waals surface area contributed by atoms with E-state index < -0.39 is 23.2 Å². The van der Waals surface area contributed by atoms with Gasteiger partial charge in [-0.25, -0.2) is 14.0 Å². The van der Waals surface area contributed by atoms with Gasteiger partial charge in [0, 0.05) is 49.8 Å². The van der Waals surface area contributed by atoms with Crippen LogP contribution >= 0.6 is 0 Å². The molecule has 2 aromatic carbocycles. The number of aromatic hydroxyl groups is 1. The molecule has 4 aromatic rings. The lowest BCUT2D eigenvalue weighted by atomic mass is 9.92. The number of primary amides is 1. The van der Waals surface area contributed by atoms with Gasteiger partial charge < -0.3 is 34.7 Å². The number of carboxylic acid groups (broad SMARTS) is 1. The van der Waals surface area contributed by atoms with Gasteiger partial charge in [0.25, 0.3) is 0 Å². The number of rotatable bonds is 8. The van der Waals surface area contributed by atoms with E-state index in [1.807, 2.05) is 23.1 Å². The average Bonchev–Trinajstić information content (AvgIpc) is 3.72. The lowest BCUT2D eigenvalue weighted by Gasteiger charge is -2.37. The van der Waals surface area contributed by atoms with Crippen LogP contribution in [0.2, 0.25) is 0 Å². The molecule has 3 aliphatic rings. The van der Waals surface area contributed by atoms with Gasteiger partial charge in [0.15, 0.2) is 17.3 Å². The second kappa shape index (κ2) is 11.4. The number of aromatic nitrogens is 2. The van der Waals surface area contributed by atoms with Crippen LogP contribution in [0.25, 0.3) is 21.8 Å². The van der Waals surface area contributed by atoms with Gasteiger partial charge in [-0.05, 0) is 50.3 Å². The fourth-order valence-electron chi connectivity index (χ4n) is 7.38. The number of fused-ring (bicyclic) bond motifs is 3. The third-order valence-electron chi connectivity index (χ3n) is 9.56. The molecule has 14 heteroatoms. The number of carbonyl (C=O) groups is 2. The van der Waals surface area contributed by atoms with Crippen molar-refractivity contribution in [2.75, 3.05) is 38.2 Å². The van der Waals surface area contributed by atoms with Crippen molar-refractivity contribution in [2.24, 2.45) is 21.9 Å². The highest BCUT2D eigenvalue weighted by Gasteiger charge is 2.41. The van der Waals surface area contributed by atoms with Crippen molar-refractivity contribution in [3.8, 4) is 11.6 Å². The molecule has 2 aromatic heterocycles. The van der Waals surface area contributed by atoms with E-state index in [0.717, 1.165) is 43.8 Å². The molecule has 2 saturated heterocycles. The maximum atomic E-state index is 16.0. The number of amides is 2. The molecule has 1 aliphatic carbocycles. The summed E-state index contributed by atoms with van der Waals surface area (Å²) in [5.41, 5.74) is 5.64. The Morgan fingerprint density at radius 1 is 1.13 bits per heavy atom. The highest BCUT2D eigenvalue weighted by atomic mass is 19.1. The standard InChI is InChI=1S/C32H34FN7O6/c1-46-29-26-20(28(41)21(31(43)44)15-40(26)18-8-9-18)13-22(33)27(29)38-14-17-5-4-10-37(24(17)16-38)11-12-39-23-7-3-2-6-19(23)25(30(39)42)35-36-32(34)45/h2-3,6-7,13,15,17-18,24,42H,4-5,8-12,14,16H2,1H3,(H2,34,45)(H,43,44)/t17-,24+/m0/s1. The minimum atomic E-state index is -1.35. The van der Waals surface area contributed by atoms with E-state index in [1.165, 1.54) is 13.3 Å². The number of carboxylic acids is 1. The van der Waals surface area contributed by atoms with E-state index in [-0.39, 0.29) is 52.0 Å². The van der Waals surface area contributed by atoms with Crippen LogP contribution in [-0.4, -0.2) is 75.6 Å². The number of piperidine rings is 1. The van der Waals surface area contributed by atoms with Crippen molar-refractivity contribution in [3.63, 3.8) is 0 Å². The predicted octanol–water partition coefficient (Wildman–Crippen LogP) is 4.61. The van der Waals surface area contributed by atoms with Crippen LogP contribution in [0.15, 0.2) is 51.6 Å². The average molecular weight is 632 g/mol. The number of nitrogens with two attached hydrogens (primary N) is 1. The maximum Gasteiger partial charge on any atom is 0.356 e. The Morgan fingerprint density at radius 3 is 2.63 bits per heavy atom. The van der Waals surface area contributed by atoms with Crippen LogP contribution in [0.3, 0.4) is 0 Å². The van der Waals surface area contributed by atoms with Gasteiger partial charge in [0.1, 0.15) is 11.3 Å². The summed E-state index contributed by atoms with van der Waals surface area (Å²) in [4.78, 5) is 40.5. The number of methoxy groups -OCH3 is 1. The van der Waals surface area contributed by atoms with Gasteiger partial charge in [-0.3, -0.25) is 9.69 Å². The first-order chi connectivity index (χ1) is 22.2. The monoisotopic (exact) mass is 631 g/mol.